The van der Waals surface area contributed by atoms with Crippen LogP contribution in [0.15, 0.2) is 36.5 Å². The fourth-order valence-corrected chi connectivity index (χ4v) is 3.16. The summed E-state index contributed by atoms with van der Waals surface area (Å²) in [6.07, 6.45) is 2.21. The lowest BCUT2D eigenvalue weighted by atomic mass is 10.1. The Morgan fingerprint density at radius 1 is 1.37 bits per heavy atom. The number of aliphatic hydroxyl groups is 1. The van der Waals surface area contributed by atoms with Crippen LogP contribution in [0.3, 0.4) is 0 Å². The normalized spacial score (nSPS) is 19.1. The number of thiazole rings is 1. The molecule has 2 heterocycles. The molecule has 0 saturated carbocycles. The standard InChI is InChI=1S/C14H14N2O2S/c17-9-10-6-13(18)16(8-10)14-15-7-12(19-14)11-4-2-1-3-5-11/h1-5,7,10,17H,6,8-9H2. The lowest BCUT2D eigenvalue weighted by molar-refractivity contribution is -0.117. The minimum absolute atomic E-state index is 0.0385. The van der Waals surface area contributed by atoms with E-state index >= 15 is 0 Å². The molecule has 1 aromatic carbocycles. The predicted octanol–water partition coefficient (Wildman–Crippen LogP) is 2.16. The average Bonchev–Trinajstić information content (AvgIpc) is 3.06. The van der Waals surface area contributed by atoms with E-state index in [1.165, 1.54) is 11.3 Å². The van der Waals surface area contributed by atoms with Gasteiger partial charge in [0.15, 0.2) is 5.13 Å². The molecule has 1 saturated heterocycles. The number of hydrogen-bond donors (Lipinski definition) is 1. The average molecular weight is 274 g/mol. The summed E-state index contributed by atoms with van der Waals surface area (Å²) in [5.74, 6) is 0.0876. The van der Waals surface area contributed by atoms with E-state index in [4.69, 9.17) is 5.11 Å². The molecule has 1 amide bonds. The van der Waals surface area contributed by atoms with Gasteiger partial charge in [0.1, 0.15) is 0 Å². The van der Waals surface area contributed by atoms with Gasteiger partial charge in [-0.25, -0.2) is 4.98 Å². The summed E-state index contributed by atoms with van der Waals surface area (Å²) in [6, 6.07) is 10.00. The van der Waals surface area contributed by atoms with E-state index in [0.29, 0.717) is 13.0 Å². The molecule has 1 aliphatic heterocycles. The molecule has 0 spiro atoms. The number of carbonyl (C=O) groups excluding carboxylic acids is 1. The highest BCUT2D eigenvalue weighted by molar-refractivity contribution is 7.19. The molecule has 4 nitrogen and oxygen atoms in total. The van der Waals surface area contributed by atoms with E-state index in [1.54, 1.807) is 11.1 Å². The molecule has 0 radical (unpaired) electrons. The number of nitrogens with zero attached hydrogens (tertiary/aromatic N) is 2. The van der Waals surface area contributed by atoms with Gasteiger partial charge in [0.2, 0.25) is 5.91 Å². The van der Waals surface area contributed by atoms with Gasteiger partial charge < -0.3 is 5.11 Å². The summed E-state index contributed by atoms with van der Waals surface area (Å²) in [7, 11) is 0. The molecule has 1 fully saturated rings. The van der Waals surface area contributed by atoms with E-state index in [-0.39, 0.29) is 18.4 Å². The van der Waals surface area contributed by atoms with Crippen LogP contribution in [0.5, 0.6) is 0 Å². The Bertz CT molecular complexity index is 582. The van der Waals surface area contributed by atoms with Gasteiger partial charge >= 0.3 is 0 Å². The number of carbonyl (C=O) groups is 1. The first kappa shape index (κ1) is 12.3. The van der Waals surface area contributed by atoms with Gasteiger partial charge in [-0.1, -0.05) is 41.7 Å². The molecule has 98 valence electrons. The van der Waals surface area contributed by atoms with Crippen LogP contribution in [0.4, 0.5) is 5.13 Å². The Morgan fingerprint density at radius 2 is 2.16 bits per heavy atom. The van der Waals surface area contributed by atoms with Crippen LogP contribution in [0, 0.1) is 5.92 Å². The van der Waals surface area contributed by atoms with Crippen molar-refractivity contribution < 1.29 is 9.90 Å². The summed E-state index contributed by atoms with van der Waals surface area (Å²) in [6.45, 7) is 0.621. The second-order valence-corrected chi connectivity index (χ2v) is 5.64. The first-order valence-electron chi connectivity index (χ1n) is 6.20. The fourth-order valence-electron chi connectivity index (χ4n) is 2.21. The molecule has 19 heavy (non-hydrogen) atoms. The van der Waals surface area contributed by atoms with Gasteiger partial charge in [-0.05, 0) is 5.56 Å². The number of benzene rings is 1. The quantitative estimate of drug-likeness (QED) is 0.933. The van der Waals surface area contributed by atoms with Gasteiger partial charge in [0.25, 0.3) is 0 Å². The molecule has 0 aliphatic carbocycles. The van der Waals surface area contributed by atoms with Crippen LogP contribution < -0.4 is 4.90 Å². The van der Waals surface area contributed by atoms with Crippen molar-refractivity contribution in [2.75, 3.05) is 18.1 Å². The largest absolute Gasteiger partial charge is 0.396 e. The van der Waals surface area contributed by atoms with Gasteiger partial charge in [-0.15, -0.1) is 0 Å². The third kappa shape index (κ3) is 2.39. The summed E-state index contributed by atoms with van der Waals surface area (Å²) in [5.41, 5.74) is 1.11. The third-order valence-electron chi connectivity index (χ3n) is 3.25. The molecular formula is C14H14N2O2S. The minimum Gasteiger partial charge on any atom is -0.396 e. The third-order valence-corrected chi connectivity index (χ3v) is 4.32. The van der Waals surface area contributed by atoms with Crippen molar-refractivity contribution in [1.82, 2.24) is 4.98 Å². The lowest BCUT2D eigenvalue weighted by Gasteiger charge is -2.11. The molecule has 1 unspecified atom stereocenters. The zero-order valence-electron chi connectivity index (χ0n) is 10.3. The number of hydrogen-bond acceptors (Lipinski definition) is 4. The first-order valence-corrected chi connectivity index (χ1v) is 7.02. The van der Waals surface area contributed by atoms with Crippen LogP contribution in [0.25, 0.3) is 10.4 Å². The Morgan fingerprint density at radius 3 is 2.84 bits per heavy atom. The van der Waals surface area contributed by atoms with E-state index in [2.05, 4.69) is 4.98 Å². The molecule has 5 heteroatoms. The van der Waals surface area contributed by atoms with E-state index < -0.39 is 0 Å². The summed E-state index contributed by atoms with van der Waals surface area (Å²) >= 11 is 1.51. The molecule has 3 rings (SSSR count). The van der Waals surface area contributed by atoms with Gasteiger partial charge in [-0.3, -0.25) is 9.69 Å². The monoisotopic (exact) mass is 274 g/mol. The zero-order valence-corrected chi connectivity index (χ0v) is 11.1. The summed E-state index contributed by atoms with van der Waals surface area (Å²) < 4.78 is 0. The van der Waals surface area contributed by atoms with Crippen molar-refractivity contribution in [3.8, 4) is 10.4 Å². The molecule has 1 aliphatic rings. The molecule has 1 atom stereocenters. The van der Waals surface area contributed by atoms with E-state index in [9.17, 15) is 4.79 Å². The number of amides is 1. The Kier molecular flexibility index (Phi) is 3.31. The van der Waals surface area contributed by atoms with Crippen molar-refractivity contribution in [2.45, 2.75) is 6.42 Å². The van der Waals surface area contributed by atoms with Crippen molar-refractivity contribution in [3.63, 3.8) is 0 Å². The maximum absolute atomic E-state index is 11.9. The smallest absolute Gasteiger partial charge is 0.229 e. The Hall–Kier alpha value is -1.72. The molecule has 2 aromatic rings. The van der Waals surface area contributed by atoms with Gasteiger partial charge in [0.05, 0.1) is 4.88 Å². The van der Waals surface area contributed by atoms with Crippen molar-refractivity contribution >= 4 is 22.4 Å². The van der Waals surface area contributed by atoms with Crippen molar-refractivity contribution in [1.29, 1.82) is 0 Å². The summed E-state index contributed by atoms with van der Waals surface area (Å²) in [4.78, 5) is 18.9. The molecule has 1 aromatic heterocycles. The Balaban J connectivity index is 1.84. The highest BCUT2D eigenvalue weighted by Gasteiger charge is 2.31. The maximum atomic E-state index is 11.9. The predicted molar refractivity (Wildman–Crippen MR) is 75.1 cm³/mol. The second-order valence-electron chi connectivity index (χ2n) is 4.63. The molecule has 0 bridgehead atoms. The first-order chi connectivity index (χ1) is 9.28. The van der Waals surface area contributed by atoms with E-state index in [0.717, 1.165) is 15.6 Å². The summed E-state index contributed by atoms with van der Waals surface area (Å²) in [5, 5.41) is 9.86. The fraction of sp³-hybridized carbons (Fsp3) is 0.286. The SMILES string of the molecule is O=C1CC(CO)CN1c1ncc(-c2ccccc2)s1. The van der Waals surface area contributed by atoms with Crippen LogP contribution in [0.1, 0.15) is 6.42 Å². The van der Waals surface area contributed by atoms with Crippen LogP contribution in [-0.2, 0) is 4.79 Å². The number of aromatic nitrogens is 1. The van der Waals surface area contributed by atoms with Crippen LogP contribution in [-0.4, -0.2) is 29.1 Å². The Labute approximate surface area is 115 Å². The van der Waals surface area contributed by atoms with Crippen LogP contribution in [0.2, 0.25) is 0 Å². The minimum atomic E-state index is 0.0385. The zero-order chi connectivity index (χ0) is 13.2. The van der Waals surface area contributed by atoms with Crippen molar-refractivity contribution in [3.05, 3.63) is 36.5 Å². The van der Waals surface area contributed by atoms with Crippen molar-refractivity contribution in [2.24, 2.45) is 5.92 Å². The highest BCUT2D eigenvalue weighted by Crippen LogP contribution is 2.33. The molecular weight excluding hydrogens is 260 g/mol. The van der Waals surface area contributed by atoms with Gasteiger partial charge in [0, 0.05) is 31.7 Å². The lowest BCUT2D eigenvalue weighted by Crippen LogP contribution is -2.24. The highest BCUT2D eigenvalue weighted by atomic mass is 32.1. The maximum Gasteiger partial charge on any atom is 0.229 e. The van der Waals surface area contributed by atoms with E-state index in [1.807, 2.05) is 30.3 Å². The molecule has 1 N–H and O–H groups in total. The topological polar surface area (TPSA) is 53.4 Å². The van der Waals surface area contributed by atoms with Gasteiger partial charge in [-0.2, -0.15) is 0 Å². The number of rotatable bonds is 3. The number of anilines is 1. The second kappa shape index (κ2) is 5.11. The number of aliphatic hydroxyl groups excluding tert-OH is 1. The van der Waals surface area contributed by atoms with Crippen LogP contribution >= 0.6 is 11.3 Å².